The van der Waals surface area contributed by atoms with E-state index in [2.05, 4.69) is 4.98 Å². The van der Waals surface area contributed by atoms with Gasteiger partial charge in [-0.1, -0.05) is 32.4 Å². The average molecular weight is 310 g/mol. The first-order valence-electron chi connectivity index (χ1n) is 6.99. The summed E-state index contributed by atoms with van der Waals surface area (Å²) in [5.41, 5.74) is 0.140. The highest BCUT2D eigenvalue weighted by molar-refractivity contribution is 6.29. The minimum Gasteiger partial charge on any atom is -0.339 e. The minimum absolute atomic E-state index is 0.0676. The zero-order chi connectivity index (χ0) is 15.6. The number of carbonyl (C=O) groups excluding carboxylic acids is 2. The standard InChI is InChI=1S/C15H20ClN3O2/c1-15(2,3)14(21)19-8-6-18(7-9-19)13(20)11-4-5-12(16)17-10-11/h4-5,10H,6-9H2,1-3H3. The third kappa shape index (κ3) is 3.73. The molecule has 2 rings (SSSR count). The van der Waals surface area contributed by atoms with E-state index in [1.807, 2.05) is 25.7 Å². The number of hydrogen-bond acceptors (Lipinski definition) is 3. The van der Waals surface area contributed by atoms with Crippen molar-refractivity contribution in [1.29, 1.82) is 0 Å². The van der Waals surface area contributed by atoms with Gasteiger partial charge >= 0.3 is 0 Å². The van der Waals surface area contributed by atoms with E-state index in [0.29, 0.717) is 36.9 Å². The Hall–Kier alpha value is -1.62. The number of piperazine rings is 1. The lowest BCUT2D eigenvalue weighted by molar-refractivity contribution is -0.140. The van der Waals surface area contributed by atoms with E-state index >= 15 is 0 Å². The molecular weight excluding hydrogens is 290 g/mol. The summed E-state index contributed by atoms with van der Waals surface area (Å²) in [6.45, 7) is 7.96. The summed E-state index contributed by atoms with van der Waals surface area (Å²) in [6.07, 6.45) is 1.48. The molecule has 0 N–H and O–H groups in total. The van der Waals surface area contributed by atoms with E-state index in [0.717, 1.165) is 0 Å². The number of carbonyl (C=O) groups is 2. The highest BCUT2D eigenvalue weighted by Crippen LogP contribution is 2.19. The van der Waals surface area contributed by atoms with Crippen molar-refractivity contribution >= 4 is 23.4 Å². The molecule has 0 unspecified atom stereocenters. The van der Waals surface area contributed by atoms with Gasteiger partial charge in [0.1, 0.15) is 5.15 Å². The van der Waals surface area contributed by atoms with Crippen LogP contribution in [-0.2, 0) is 4.79 Å². The van der Waals surface area contributed by atoms with E-state index in [4.69, 9.17) is 11.6 Å². The molecule has 0 bridgehead atoms. The number of amides is 2. The SMILES string of the molecule is CC(C)(C)C(=O)N1CCN(C(=O)c2ccc(Cl)nc2)CC1. The van der Waals surface area contributed by atoms with Gasteiger partial charge in [-0.2, -0.15) is 0 Å². The number of halogens is 1. The van der Waals surface area contributed by atoms with Gasteiger partial charge in [0, 0.05) is 37.8 Å². The molecule has 6 heteroatoms. The molecule has 0 radical (unpaired) electrons. The Morgan fingerprint density at radius 1 is 1.10 bits per heavy atom. The Bertz CT molecular complexity index is 529. The van der Waals surface area contributed by atoms with Crippen LogP contribution in [0.15, 0.2) is 18.3 Å². The Balaban J connectivity index is 1.96. The van der Waals surface area contributed by atoms with Crippen LogP contribution in [0, 0.1) is 5.41 Å². The smallest absolute Gasteiger partial charge is 0.255 e. The summed E-state index contributed by atoms with van der Waals surface area (Å²) < 4.78 is 0. The first kappa shape index (κ1) is 15.8. The van der Waals surface area contributed by atoms with E-state index in [1.54, 1.807) is 17.0 Å². The van der Waals surface area contributed by atoms with Crippen LogP contribution >= 0.6 is 11.6 Å². The topological polar surface area (TPSA) is 53.5 Å². The van der Waals surface area contributed by atoms with E-state index < -0.39 is 0 Å². The van der Waals surface area contributed by atoms with Gasteiger partial charge in [0.2, 0.25) is 5.91 Å². The van der Waals surface area contributed by atoms with Crippen LogP contribution in [-0.4, -0.2) is 52.8 Å². The molecule has 114 valence electrons. The van der Waals surface area contributed by atoms with Crippen LogP contribution in [0.1, 0.15) is 31.1 Å². The van der Waals surface area contributed by atoms with Gasteiger partial charge in [0.25, 0.3) is 5.91 Å². The maximum atomic E-state index is 12.3. The van der Waals surface area contributed by atoms with Gasteiger partial charge in [-0.3, -0.25) is 9.59 Å². The first-order chi connectivity index (χ1) is 9.79. The van der Waals surface area contributed by atoms with Crippen molar-refractivity contribution in [3.8, 4) is 0 Å². The second kappa shape index (κ2) is 6.02. The van der Waals surface area contributed by atoms with Crippen molar-refractivity contribution in [2.45, 2.75) is 20.8 Å². The summed E-state index contributed by atoms with van der Waals surface area (Å²) in [5.74, 6) is 0.0600. The van der Waals surface area contributed by atoms with Gasteiger partial charge in [0.15, 0.2) is 0 Å². The molecule has 1 aliphatic rings. The van der Waals surface area contributed by atoms with Crippen molar-refractivity contribution in [2.24, 2.45) is 5.41 Å². The van der Waals surface area contributed by atoms with Gasteiger partial charge in [0.05, 0.1) is 5.56 Å². The molecule has 0 atom stereocenters. The molecule has 1 aromatic rings. The van der Waals surface area contributed by atoms with E-state index in [-0.39, 0.29) is 17.2 Å². The van der Waals surface area contributed by atoms with Crippen molar-refractivity contribution in [1.82, 2.24) is 14.8 Å². The summed E-state index contributed by atoms with van der Waals surface area (Å²) >= 11 is 5.72. The van der Waals surface area contributed by atoms with Gasteiger partial charge < -0.3 is 9.80 Å². The number of nitrogens with zero attached hydrogens (tertiary/aromatic N) is 3. The summed E-state index contributed by atoms with van der Waals surface area (Å²) in [7, 11) is 0. The zero-order valence-electron chi connectivity index (χ0n) is 12.6. The van der Waals surface area contributed by atoms with Crippen LogP contribution < -0.4 is 0 Å². The monoisotopic (exact) mass is 309 g/mol. The van der Waals surface area contributed by atoms with Gasteiger partial charge in [-0.05, 0) is 12.1 Å². The third-order valence-corrected chi connectivity index (χ3v) is 3.69. The molecule has 1 aliphatic heterocycles. The second-order valence-electron chi connectivity index (χ2n) is 6.20. The predicted molar refractivity (Wildman–Crippen MR) is 81.2 cm³/mol. The molecule has 21 heavy (non-hydrogen) atoms. The lowest BCUT2D eigenvalue weighted by atomic mass is 9.94. The van der Waals surface area contributed by atoms with Crippen LogP contribution in [0.5, 0.6) is 0 Å². The molecule has 1 saturated heterocycles. The molecule has 0 spiro atoms. The Labute approximate surface area is 129 Å². The van der Waals surface area contributed by atoms with Crippen LogP contribution in [0.4, 0.5) is 0 Å². The number of rotatable bonds is 1. The number of aromatic nitrogens is 1. The fourth-order valence-corrected chi connectivity index (χ4v) is 2.38. The lowest BCUT2D eigenvalue weighted by Crippen LogP contribution is -2.53. The van der Waals surface area contributed by atoms with Gasteiger partial charge in [-0.15, -0.1) is 0 Å². The molecule has 2 heterocycles. The van der Waals surface area contributed by atoms with Crippen LogP contribution in [0.25, 0.3) is 0 Å². The van der Waals surface area contributed by atoms with E-state index in [1.165, 1.54) is 6.20 Å². The van der Waals surface area contributed by atoms with Crippen molar-refractivity contribution in [2.75, 3.05) is 26.2 Å². The Morgan fingerprint density at radius 3 is 2.14 bits per heavy atom. The summed E-state index contributed by atoms with van der Waals surface area (Å²) in [6, 6.07) is 3.28. The maximum Gasteiger partial charge on any atom is 0.255 e. The minimum atomic E-state index is -0.383. The molecule has 0 aliphatic carbocycles. The Morgan fingerprint density at radius 2 is 1.67 bits per heavy atom. The average Bonchev–Trinajstić information content (AvgIpc) is 2.46. The molecular formula is C15H20ClN3O2. The number of hydrogen-bond donors (Lipinski definition) is 0. The lowest BCUT2D eigenvalue weighted by Gasteiger charge is -2.37. The molecule has 1 fully saturated rings. The first-order valence-corrected chi connectivity index (χ1v) is 7.37. The zero-order valence-corrected chi connectivity index (χ0v) is 13.4. The third-order valence-electron chi connectivity index (χ3n) is 3.47. The second-order valence-corrected chi connectivity index (χ2v) is 6.59. The van der Waals surface area contributed by atoms with Gasteiger partial charge in [-0.25, -0.2) is 4.98 Å². The fraction of sp³-hybridized carbons (Fsp3) is 0.533. The van der Waals surface area contributed by atoms with Crippen molar-refractivity contribution in [3.63, 3.8) is 0 Å². The molecule has 0 aromatic carbocycles. The predicted octanol–water partition coefficient (Wildman–Crippen LogP) is 2.07. The highest BCUT2D eigenvalue weighted by Gasteiger charge is 2.31. The fourth-order valence-electron chi connectivity index (χ4n) is 2.27. The largest absolute Gasteiger partial charge is 0.339 e. The van der Waals surface area contributed by atoms with Crippen molar-refractivity contribution < 1.29 is 9.59 Å². The quantitative estimate of drug-likeness (QED) is 0.746. The molecule has 1 aromatic heterocycles. The van der Waals surface area contributed by atoms with Crippen molar-refractivity contribution in [3.05, 3.63) is 29.0 Å². The summed E-state index contributed by atoms with van der Waals surface area (Å²) in [5, 5.41) is 0.368. The maximum absolute atomic E-state index is 12.3. The highest BCUT2D eigenvalue weighted by atomic mass is 35.5. The molecule has 0 saturated carbocycles. The summed E-state index contributed by atoms with van der Waals surface area (Å²) in [4.78, 5) is 32.0. The number of pyridine rings is 1. The van der Waals surface area contributed by atoms with Crippen LogP contribution in [0.2, 0.25) is 5.15 Å². The van der Waals surface area contributed by atoms with E-state index in [9.17, 15) is 9.59 Å². The Kier molecular flexibility index (Phi) is 4.52. The van der Waals surface area contributed by atoms with Crippen LogP contribution in [0.3, 0.4) is 0 Å². The normalized spacial score (nSPS) is 16.0. The molecule has 5 nitrogen and oxygen atoms in total. The molecule has 2 amide bonds.